The Morgan fingerprint density at radius 3 is 2.55 bits per heavy atom. The summed E-state index contributed by atoms with van der Waals surface area (Å²) in [6.45, 7) is 5.57. The molecule has 0 heterocycles. The molecule has 0 saturated heterocycles. The fourth-order valence-corrected chi connectivity index (χ4v) is 2.59. The Morgan fingerprint density at radius 1 is 1.14 bits per heavy atom. The monoisotopic (exact) mass is 412 g/mol. The van der Waals surface area contributed by atoms with Crippen LogP contribution < -0.4 is 10.1 Å². The number of quaternary nitrogens is 1. The molecule has 2 rings (SSSR count). The fourth-order valence-electron chi connectivity index (χ4n) is 2.03. The molecule has 0 aliphatic rings. The Bertz CT molecular complexity index is 599. The van der Waals surface area contributed by atoms with Crippen LogP contribution in [-0.4, -0.2) is 17.3 Å². The predicted octanol–water partition coefficient (Wildman–Crippen LogP) is 2.70. The van der Waals surface area contributed by atoms with E-state index >= 15 is 0 Å². The van der Waals surface area contributed by atoms with Crippen LogP contribution >= 0.6 is 22.6 Å². The van der Waals surface area contributed by atoms with Crippen molar-refractivity contribution in [3.05, 3.63) is 63.2 Å². The highest BCUT2D eigenvalue weighted by Gasteiger charge is 2.20. The summed E-state index contributed by atoms with van der Waals surface area (Å²) in [5.74, 6) is 0.911. The predicted molar refractivity (Wildman–Crippen MR) is 96.7 cm³/mol. The van der Waals surface area contributed by atoms with Gasteiger partial charge in [0, 0.05) is 9.13 Å². The Balaban J connectivity index is 2.07. The summed E-state index contributed by atoms with van der Waals surface area (Å²) >= 11 is 2.31. The van der Waals surface area contributed by atoms with Gasteiger partial charge in [-0.2, -0.15) is 0 Å². The molecule has 118 valence electrons. The summed E-state index contributed by atoms with van der Waals surface area (Å²) in [4.78, 5) is 0. The van der Waals surface area contributed by atoms with E-state index in [9.17, 15) is 5.11 Å². The summed E-state index contributed by atoms with van der Waals surface area (Å²) in [5.41, 5.74) is 2.13. The van der Waals surface area contributed by atoms with Crippen LogP contribution in [0.5, 0.6) is 5.75 Å². The van der Waals surface area contributed by atoms with Crippen molar-refractivity contribution in [1.29, 1.82) is 0 Å². The van der Waals surface area contributed by atoms with Crippen LogP contribution in [0.3, 0.4) is 0 Å². The molecular weight excluding hydrogens is 389 g/mol. The van der Waals surface area contributed by atoms with Crippen molar-refractivity contribution in [3.63, 3.8) is 0 Å². The maximum Gasteiger partial charge on any atom is 0.128 e. The van der Waals surface area contributed by atoms with Crippen LogP contribution in [0.4, 0.5) is 0 Å². The highest BCUT2D eigenvalue weighted by molar-refractivity contribution is 14.1. The first-order valence-corrected chi connectivity index (χ1v) is 8.48. The smallest absolute Gasteiger partial charge is 0.128 e. The Morgan fingerprint density at radius 2 is 1.86 bits per heavy atom. The van der Waals surface area contributed by atoms with E-state index in [0.717, 1.165) is 23.4 Å². The zero-order valence-corrected chi connectivity index (χ0v) is 15.2. The number of nitrogens with two attached hydrogens (primary N) is 1. The molecule has 3 N–H and O–H groups in total. The van der Waals surface area contributed by atoms with Crippen LogP contribution in [0, 0.1) is 3.57 Å². The Labute approximate surface area is 145 Å². The van der Waals surface area contributed by atoms with Crippen molar-refractivity contribution in [3.8, 4) is 5.75 Å². The van der Waals surface area contributed by atoms with Crippen LogP contribution in [0.1, 0.15) is 25.0 Å². The van der Waals surface area contributed by atoms with Gasteiger partial charge in [0.05, 0.1) is 6.61 Å². The van der Waals surface area contributed by atoms with E-state index in [4.69, 9.17) is 4.74 Å². The lowest BCUT2D eigenvalue weighted by molar-refractivity contribution is -0.736. The average Bonchev–Trinajstić information content (AvgIpc) is 2.53. The van der Waals surface area contributed by atoms with Gasteiger partial charge >= 0.3 is 0 Å². The summed E-state index contributed by atoms with van der Waals surface area (Å²) in [6.07, 6.45) is 0. The maximum atomic E-state index is 9.38. The molecule has 0 aliphatic carbocycles. The summed E-state index contributed by atoms with van der Waals surface area (Å²) in [7, 11) is 0. The average molecular weight is 412 g/mol. The van der Waals surface area contributed by atoms with E-state index in [2.05, 4.69) is 52.2 Å². The highest BCUT2D eigenvalue weighted by atomic mass is 127. The van der Waals surface area contributed by atoms with E-state index in [-0.39, 0.29) is 12.1 Å². The topological polar surface area (TPSA) is 46.1 Å². The van der Waals surface area contributed by atoms with Gasteiger partial charge in [-0.15, -0.1) is 0 Å². The van der Waals surface area contributed by atoms with E-state index in [1.54, 1.807) is 0 Å². The normalized spacial score (nSPS) is 11.5. The van der Waals surface area contributed by atoms with E-state index in [0.29, 0.717) is 6.61 Å². The number of ether oxygens (including phenoxy) is 1. The molecule has 0 fully saturated rings. The van der Waals surface area contributed by atoms with Crippen LogP contribution in [-0.2, 0) is 13.2 Å². The lowest BCUT2D eigenvalue weighted by Gasteiger charge is -2.21. The third-order valence-corrected chi connectivity index (χ3v) is 4.21. The summed E-state index contributed by atoms with van der Waals surface area (Å²) < 4.78 is 7.18. The number of aliphatic hydroxyl groups is 1. The fraction of sp³-hybridized carbons (Fsp3) is 0.333. The van der Waals surface area contributed by atoms with Crippen molar-refractivity contribution < 1.29 is 15.2 Å². The number of rotatable bonds is 7. The molecule has 0 radical (unpaired) electrons. The quantitative estimate of drug-likeness (QED) is 0.688. The lowest BCUT2D eigenvalue weighted by Crippen LogP contribution is -2.95. The maximum absolute atomic E-state index is 9.38. The number of halogens is 1. The second-order valence-corrected chi connectivity index (χ2v) is 7.33. The molecule has 0 unspecified atom stereocenters. The molecule has 0 bridgehead atoms. The number of hydrogen-bond acceptors (Lipinski definition) is 2. The summed E-state index contributed by atoms with van der Waals surface area (Å²) in [5, 5.41) is 11.5. The molecule has 0 aliphatic heterocycles. The molecule has 2 aromatic rings. The first kappa shape index (κ1) is 17.2. The molecule has 0 spiro atoms. The summed E-state index contributed by atoms with van der Waals surface area (Å²) in [6, 6.07) is 16.4. The van der Waals surface area contributed by atoms with Gasteiger partial charge in [0.1, 0.15) is 24.4 Å². The van der Waals surface area contributed by atoms with Gasteiger partial charge in [0.25, 0.3) is 0 Å². The van der Waals surface area contributed by atoms with Gasteiger partial charge in [-0.1, -0.05) is 30.3 Å². The van der Waals surface area contributed by atoms with Crippen molar-refractivity contribution in [1.82, 2.24) is 0 Å². The molecule has 0 atom stereocenters. The Hall–Kier alpha value is -1.11. The van der Waals surface area contributed by atoms with Crippen molar-refractivity contribution >= 4 is 22.6 Å². The van der Waals surface area contributed by atoms with Crippen LogP contribution in [0.25, 0.3) is 0 Å². The van der Waals surface area contributed by atoms with Gasteiger partial charge in [0.2, 0.25) is 0 Å². The van der Waals surface area contributed by atoms with E-state index < -0.39 is 0 Å². The molecule has 4 heteroatoms. The van der Waals surface area contributed by atoms with Gasteiger partial charge in [-0.3, -0.25) is 0 Å². The standard InChI is InChI=1S/C18H22INO2/c1-18(2,13-21)20-11-15-10-16(19)8-9-17(15)22-12-14-6-4-3-5-7-14/h3-10,20-21H,11-13H2,1-2H3/p+1. The zero-order chi connectivity index (χ0) is 16.0. The molecule has 0 amide bonds. The first-order valence-electron chi connectivity index (χ1n) is 7.40. The number of benzene rings is 2. The number of hydrogen-bond donors (Lipinski definition) is 2. The molecule has 0 aromatic heterocycles. The zero-order valence-electron chi connectivity index (χ0n) is 13.1. The van der Waals surface area contributed by atoms with Gasteiger partial charge in [-0.05, 0) is 60.2 Å². The first-order chi connectivity index (χ1) is 10.5. The van der Waals surface area contributed by atoms with Gasteiger partial charge < -0.3 is 15.2 Å². The minimum absolute atomic E-state index is 0.150. The van der Waals surface area contributed by atoms with Crippen molar-refractivity contribution in [2.75, 3.05) is 6.61 Å². The SMILES string of the molecule is CC(C)(CO)[NH2+]Cc1cc(I)ccc1OCc1ccccc1. The molecular formula is C18H23INO2+. The van der Waals surface area contributed by atoms with Crippen molar-refractivity contribution in [2.24, 2.45) is 0 Å². The second-order valence-electron chi connectivity index (χ2n) is 6.08. The lowest BCUT2D eigenvalue weighted by atomic mass is 10.1. The third kappa shape index (κ3) is 5.26. The van der Waals surface area contributed by atoms with E-state index in [1.165, 1.54) is 3.57 Å². The minimum atomic E-state index is -0.183. The second kappa shape index (κ2) is 7.94. The molecule has 3 nitrogen and oxygen atoms in total. The van der Waals surface area contributed by atoms with Crippen molar-refractivity contribution in [2.45, 2.75) is 32.5 Å². The molecule has 0 saturated carbocycles. The highest BCUT2D eigenvalue weighted by Crippen LogP contribution is 2.22. The van der Waals surface area contributed by atoms with E-state index in [1.807, 2.05) is 38.1 Å². The third-order valence-electron chi connectivity index (χ3n) is 3.54. The van der Waals surface area contributed by atoms with Gasteiger partial charge in [0.15, 0.2) is 0 Å². The molecule has 2 aromatic carbocycles. The largest absolute Gasteiger partial charge is 0.488 e. The molecule has 22 heavy (non-hydrogen) atoms. The van der Waals surface area contributed by atoms with Crippen LogP contribution in [0.2, 0.25) is 0 Å². The Kier molecular flexibility index (Phi) is 6.23. The van der Waals surface area contributed by atoms with Gasteiger partial charge in [-0.25, -0.2) is 0 Å². The number of aliphatic hydroxyl groups excluding tert-OH is 1. The minimum Gasteiger partial charge on any atom is -0.488 e. The van der Waals surface area contributed by atoms with Crippen LogP contribution in [0.15, 0.2) is 48.5 Å².